The fourth-order valence-electron chi connectivity index (χ4n) is 12.9. The van der Waals surface area contributed by atoms with E-state index in [1.165, 1.54) is 24.3 Å². The van der Waals surface area contributed by atoms with E-state index in [9.17, 15) is 22.4 Å². The first-order chi connectivity index (χ1) is 39.1. The molecule has 1 N–H and O–H groups in total. The predicted octanol–water partition coefficient (Wildman–Crippen LogP) is 14.6. The van der Waals surface area contributed by atoms with Crippen LogP contribution in [0.4, 0.5) is 20.2 Å². The number of Topliss-reactive ketones (excluding diaryl/α,β-unsaturated/α-hetero) is 1. The molecule has 5 heterocycles. The van der Waals surface area contributed by atoms with Gasteiger partial charge in [-0.15, -0.1) is 0 Å². The van der Waals surface area contributed by atoms with Crippen molar-refractivity contribution >= 4 is 79.4 Å². The van der Waals surface area contributed by atoms with Crippen LogP contribution in [0.2, 0.25) is 20.1 Å². The zero-order valence-corrected chi connectivity index (χ0v) is 48.0. The molecule has 7 fully saturated rings. The van der Waals surface area contributed by atoms with Crippen molar-refractivity contribution in [3.05, 3.63) is 138 Å². The standard InChI is InChI=1S/C34H37Cl2FN2O6S.C26H23Cl2FN2O4.CH4/c35-27-3-1-4-28(36)32(27)33-26(34(45-38-33)20-6-7-20)19-44-31-17-23-15-21(31)18-39(23)22-8-9-25(29(37)16-22)30(40)5-2-14-46(41,42)24-10-12-43-13-11-24;27-19-2-1-3-20(28)23(19)24-18(25(35-30-24)13-4-5-13)12-34-22-10-16-8-14(22)11-31(16)15-6-7-17(26(32)33)21(29)9-15;/h1,3-4,8-9,16,20-21,23-24,31H,2,5-7,10-15,17-19H2;1-3,6-7,9,13-14,16,22H,4-5,8,10-12H2,(H,32,33);1H4/t21-,23-,31+;14-,16-,22+;/m00./s1. The van der Waals surface area contributed by atoms with Crippen molar-refractivity contribution in [3.8, 4) is 22.5 Å². The normalized spacial score (nSPS) is 23.0. The molecule has 6 aromatic rings. The van der Waals surface area contributed by atoms with Crippen LogP contribution in [0.3, 0.4) is 0 Å². The highest BCUT2D eigenvalue weighted by Crippen LogP contribution is 2.50. The Bertz CT molecular complexity index is 3440. The Hall–Kier alpha value is -5.11. The summed E-state index contributed by atoms with van der Waals surface area (Å²) in [6.07, 6.45) is 9.02. The Morgan fingerprint density at radius 1 is 0.646 bits per heavy atom. The molecule has 4 bridgehead atoms. The van der Waals surface area contributed by atoms with E-state index in [4.69, 9.17) is 74.8 Å². The smallest absolute Gasteiger partial charge is 0.338 e. The average molecular weight is 1230 g/mol. The molecule has 4 saturated carbocycles. The van der Waals surface area contributed by atoms with Gasteiger partial charge in [0.25, 0.3) is 0 Å². The van der Waals surface area contributed by atoms with Crippen LogP contribution in [0.15, 0.2) is 81.8 Å². The van der Waals surface area contributed by atoms with Crippen molar-refractivity contribution in [2.75, 3.05) is 41.9 Å². The van der Waals surface area contributed by atoms with Gasteiger partial charge in [0, 0.05) is 102 Å². The second kappa shape index (κ2) is 24.5. The highest BCUT2D eigenvalue weighted by molar-refractivity contribution is 7.92. The fourth-order valence-corrected chi connectivity index (χ4v) is 15.8. The van der Waals surface area contributed by atoms with Gasteiger partial charge in [0.15, 0.2) is 15.6 Å². The molecule has 0 unspecified atom stereocenters. The third-order valence-electron chi connectivity index (χ3n) is 17.4. The maximum atomic E-state index is 15.2. The number of hydrogen-bond donors (Lipinski definition) is 1. The molecule has 3 saturated heterocycles. The molecule has 3 aliphatic heterocycles. The van der Waals surface area contributed by atoms with Crippen LogP contribution >= 0.6 is 46.4 Å². The SMILES string of the molecule is C.O=C(CCCS(=O)(=O)C1CCOCC1)c1ccc(N2C[C@@H]3C[C@H]2C[C@H]3OCc2c(-c3c(Cl)cccc3Cl)noc2C2CC2)cc1F.O=C(O)c1ccc(N2C[C@@H]3C[C@H]2C[C@H]3OCc2c(-c3c(Cl)cccc3Cl)noc2C2CC2)cc1F. The number of carboxylic acid groups (broad SMARTS) is 1. The minimum Gasteiger partial charge on any atom is -0.478 e. The topological polar surface area (TPSA) is 175 Å². The molecular weight excluding hydrogens is 1160 g/mol. The molecular formula is C61H64Cl4F2N4O10S. The fraction of sp³-hybridized carbons (Fsp3) is 0.475. The summed E-state index contributed by atoms with van der Waals surface area (Å²) in [4.78, 5) is 28.3. The number of ether oxygens (including phenoxy) is 3. The molecule has 6 atom stereocenters. The maximum absolute atomic E-state index is 15.2. The number of sulfone groups is 1. The van der Waals surface area contributed by atoms with Crippen LogP contribution in [0.1, 0.15) is 140 Å². The number of carboxylic acids is 1. The number of piperidine rings is 2. The van der Waals surface area contributed by atoms with Gasteiger partial charge >= 0.3 is 5.97 Å². The van der Waals surface area contributed by atoms with E-state index >= 15 is 4.39 Å². The number of aromatic nitrogens is 2. The van der Waals surface area contributed by atoms with Gasteiger partial charge in [-0.1, -0.05) is 76.3 Å². The van der Waals surface area contributed by atoms with Gasteiger partial charge in [-0.2, -0.15) is 0 Å². The average Bonchev–Trinajstić information content (AvgIpc) is 4.08. The molecule has 4 aromatic carbocycles. The zero-order chi connectivity index (χ0) is 56.3. The van der Waals surface area contributed by atoms with E-state index < -0.39 is 32.7 Å². The molecule has 0 amide bonds. The van der Waals surface area contributed by atoms with E-state index in [0.717, 1.165) is 92.8 Å². The van der Waals surface area contributed by atoms with Crippen LogP contribution in [0.25, 0.3) is 22.5 Å². The summed E-state index contributed by atoms with van der Waals surface area (Å²) in [6.45, 7) is 3.07. The van der Waals surface area contributed by atoms with E-state index in [0.29, 0.717) is 105 Å². The molecule has 13 rings (SSSR count). The quantitative estimate of drug-likeness (QED) is 0.0758. The number of aromatic carboxylic acids is 1. The van der Waals surface area contributed by atoms with E-state index in [-0.39, 0.29) is 73.1 Å². The van der Waals surface area contributed by atoms with Gasteiger partial charge in [-0.3, -0.25) is 4.79 Å². The van der Waals surface area contributed by atoms with E-state index in [1.54, 1.807) is 48.5 Å². The number of anilines is 2. The minimum absolute atomic E-state index is 0. The number of fused-ring (bicyclic) bond motifs is 4. The lowest BCUT2D eigenvalue weighted by Gasteiger charge is -2.33. The Labute approximate surface area is 495 Å². The summed E-state index contributed by atoms with van der Waals surface area (Å²) in [5, 5.41) is 19.4. The Balaban J connectivity index is 0.000000176. The molecule has 82 heavy (non-hydrogen) atoms. The lowest BCUT2D eigenvalue weighted by molar-refractivity contribution is 0.0122. The van der Waals surface area contributed by atoms with Crippen LogP contribution in [-0.4, -0.2) is 97.2 Å². The van der Waals surface area contributed by atoms with Crippen molar-refractivity contribution < 1.29 is 55.2 Å². The second-order valence-electron chi connectivity index (χ2n) is 22.6. The number of carbonyl (C=O) groups excluding carboxylic acids is 1. The first-order valence-corrected chi connectivity index (χ1v) is 31.1. The summed E-state index contributed by atoms with van der Waals surface area (Å²) in [5.74, 6) is -0.00734. The Kier molecular flexibility index (Phi) is 17.5. The molecule has 21 heteroatoms. The van der Waals surface area contributed by atoms with Crippen molar-refractivity contribution in [1.29, 1.82) is 0 Å². The molecule has 14 nitrogen and oxygen atoms in total. The molecule has 436 valence electrons. The predicted molar refractivity (Wildman–Crippen MR) is 310 cm³/mol. The summed E-state index contributed by atoms with van der Waals surface area (Å²) in [6, 6.07) is 20.3. The minimum atomic E-state index is -3.30. The van der Waals surface area contributed by atoms with E-state index in [1.807, 2.05) is 0 Å². The molecule has 2 aromatic heterocycles. The van der Waals surface area contributed by atoms with Gasteiger partial charge < -0.3 is 38.2 Å². The Morgan fingerprint density at radius 2 is 1.10 bits per heavy atom. The third kappa shape index (κ3) is 12.1. The van der Waals surface area contributed by atoms with Crippen molar-refractivity contribution in [2.45, 2.75) is 139 Å². The molecule has 7 aliphatic rings. The number of ketones is 1. The van der Waals surface area contributed by atoms with E-state index in [2.05, 4.69) is 20.1 Å². The highest BCUT2D eigenvalue weighted by atomic mass is 35.5. The van der Waals surface area contributed by atoms with Crippen LogP contribution < -0.4 is 9.80 Å². The number of carbonyl (C=O) groups is 2. The zero-order valence-electron chi connectivity index (χ0n) is 44.1. The highest BCUT2D eigenvalue weighted by Gasteiger charge is 2.48. The summed E-state index contributed by atoms with van der Waals surface area (Å²) >= 11 is 25.9. The van der Waals surface area contributed by atoms with Crippen LogP contribution in [-0.2, 0) is 37.3 Å². The number of rotatable bonds is 19. The van der Waals surface area contributed by atoms with Crippen molar-refractivity contribution in [2.24, 2.45) is 11.8 Å². The Morgan fingerprint density at radius 3 is 1.50 bits per heavy atom. The van der Waals surface area contributed by atoms with Gasteiger partial charge in [0.2, 0.25) is 0 Å². The van der Waals surface area contributed by atoms with Gasteiger partial charge in [0.1, 0.15) is 34.5 Å². The third-order valence-corrected chi connectivity index (χ3v) is 21.0. The number of nitrogens with zero attached hydrogens (tertiary/aromatic N) is 4. The number of hydrogen-bond acceptors (Lipinski definition) is 13. The van der Waals surface area contributed by atoms with Gasteiger partial charge in [-0.05, 0) is 131 Å². The van der Waals surface area contributed by atoms with Crippen molar-refractivity contribution in [3.63, 3.8) is 0 Å². The molecule has 0 radical (unpaired) electrons. The van der Waals surface area contributed by atoms with Gasteiger partial charge in [0.05, 0.1) is 67.6 Å². The van der Waals surface area contributed by atoms with Crippen LogP contribution in [0.5, 0.6) is 0 Å². The lowest BCUT2D eigenvalue weighted by atomic mass is 10.0. The second-order valence-corrected chi connectivity index (χ2v) is 26.6. The largest absolute Gasteiger partial charge is 0.478 e. The maximum Gasteiger partial charge on any atom is 0.338 e. The molecule has 4 aliphatic carbocycles. The van der Waals surface area contributed by atoms with Gasteiger partial charge in [-0.25, -0.2) is 22.0 Å². The van der Waals surface area contributed by atoms with Crippen molar-refractivity contribution in [1.82, 2.24) is 10.3 Å². The molecule has 0 spiro atoms. The number of halogens is 6. The monoisotopic (exact) mass is 1220 g/mol. The number of benzene rings is 4. The lowest BCUT2D eigenvalue weighted by Crippen LogP contribution is -2.38. The first kappa shape index (κ1) is 58.7. The summed E-state index contributed by atoms with van der Waals surface area (Å²) in [7, 11) is -3.30. The first-order valence-electron chi connectivity index (χ1n) is 27.9. The van der Waals surface area contributed by atoms with Crippen LogP contribution in [0, 0.1) is 23.5 Å². The summed E-state index contributed by atoms with van der Waals surface area (Å²) < 4.78 is 84.4. The summed E-state index contributed by atoms with van der Waals surface area (Å²) in [5.41, 5.74) is 5.56.